The first-order valence-corrected chi connectivity index (χ1v) is 8.15. The smallest absolute Gasteiger partial charge is 0.265 e. The Balaban J connectivity index is 2.13. The number of hydrogen-bond acceptors (Lipinski definition) is 3. The summed E-state index contributed by atoms with van der Waals surface area (Å²) >= 11 is 12.0. The highest BCUT2D eigenvalue weighted by molar-refractivity contribution is 6.31. The van der Waals surface area contributed by atoms with Gasteiger partial charge in [0.15, 0.2) is 6.10 Å². The summed E-state index contributed by atoms with van der Waals surface area (Å²) in [5, 5.41) is 4.01. The molecule has 0 spiro atoms. The number of anilines is 1. The summed E-state index contributed by atoms with van der Waals surface area (Å²) in [5.41, 5.74) is 2.25. The third-order valence-corrected chi connectivity index (χ3v) is 4.19. The van der Waals surface area contributed by atoms with E-state index in [1.807, 2.05) is 13.8 Å². The molecule has 0 aliphatic rings. The second kappa shape index (κ2) is 7.77. The van der Waals surface area contributed by atoms with Crippen LogP contribution in [0.5, 0.6) is 11.5 Å². The van der Waals surface area contributed by atoms with E-state index in [1.54, 1.807) is 37.3 Å². The van der Waals surface area contributed by atoms with Gasteiger partial charge in [-0.2, -0.15) is 0 Å². The molecule has 1 amide bonds. The SMILES string of the molecule is COc1cc(Cl)c(C)cc1NC(=O)[C@@H](C)Oc1ccc(Cl)cc1C. The van der Waals surface area contributed by atoms with Gasteiger partial charge in [0.05, 0.1) is 12.8 Å². The Morgan fingerprint density at radius 2 is 1.79 bits per heavy atom. The molecule has 1 N–H and O–H groups in total. The number of nitrogens with one attached hydrogen (secondary N) is 1. The molecular weight excluding hydrogens is 349 g/mol. The molecule has 0 radical (unpaired) electrons. The fourth-order valence-electron chi connectivity index (χ4n) is 2.15. The number of ether oxygens (including phenoxy) is 2. The minimum absolute atomic E-state index is 0.288. The Kier molecular flexibility index (Phi) is 5.97. The first-order chi connectivity index (χ1) is 11.3. The van der Waals surface area contributed by atoms with Gasteiger partial charge in [-0.3, -0.25) is 4.79 Å². The van der Waals surface area contributed by atoms with Crippen molar-refractivity contribution >= 4 is 34.8 Å². The number of halogens is 2. The second-order valence-electron chi connectivity index (χ2n) is 5.46. The summed E-state index contributed by atoms with van der Waals surface area (Å²) in [7, 11) is 1.52. The quantitative estimate of drug-likeness (QED) is 0.806. The van der Waals surface area contributed by atoms with Gasteiger partial charge in [-0.1, -0.05) is 23.2 Å². The van der Waals surface area contributed by atoms with Crippen LogP contribution >= 0.6 is 23.2 Å². The number of benzene rings is 2. The number of amides is 1. The number of methoxy groups -OCH3 is 1. The van der Waals surface area contributed by atoms with Gasteiger partial charge in [-0.15, -0.1) is 0 Å². The molecule has 1 atom stereocenters. The summed E-state index contributed by atoms with van der Waals surface area (Å²) in [6.07, 6.45) is -0.689. The maximum atomic E-state index is 12.4. The number of hydrogen-bond donors (Lipinski definition) is 1. The molecule has 0 unspecified atom stereocenters. The predicted octanol–water partition coefficient (Wildman–Crippen LogP) is 5.02. The van der Waals surface area contributed by atoms with E-state index in [9.17, 15) is 4.79 Å². The molecule has 0 aliphatic heterocycles. The molecule has 2 rings (SSSR count). The Morgan fingerprint density at radius 1 is 1.08 bits per heavy atom. The first-order valence-electron chi connectivity index (χ1n) is 7.39. The average Bonchev–Trinajstić information content (AvgIpc) is 2.53. The van der Waals surface area contributed by atoms with Crippen LogP contribution in [0.3, 0.4) is 0 Å². The highest BCUT2D eigenvalue weighted by Gasteiger charge is 2.18. The Hall–Kier alpha value is -1.91. The van der Waals surface area contributed by atoms with Gasteiger partial charge in [-0.25, -0.2) is 0 Å². The normalized spacial score (nSPS) is 11.8. The van der Waals surface area contributed by atoms with E-state index in [0.717, 1.165) is 11.1 Å². The number of carbonyl (C=O) groups is 1. The zero-order chi connectivity index (χ0) is 17.9. The molecule has 2 aromatic rings. The molecule has 128 valence electrons. The van der Waals surface area contributed by atoms with E-state index < -0.39 is 6.10 Å². The predicted molar refractivity (Wildman–Crippen MR) is 97.6 cm³/mol. The van der Waals surface area contributed by atoms with Crippen LogP contribution in [0.25, 0.3) is 0 Å². The maximum Gasteiger partial charge on any atom is 0.265 e. The third-order valence-electron chi connectivity index (χ3n) is 3.55. The summed E-state index contributed by atoms with van der Waals surface area (Å²) in [6.45, 7) is 5.41. The number of rotatable bonds is 5. The molecule has 0 bridgehead atoms. The van der Waals surface area contributed by atoms with Gasteiger partial charge < -0.3 is 14.8 Å². The maximum absolute atomic E-state index is 12.4. The van der Waals surface area contributed by atoms with E-state index in [2.05, 4.69) is 5.32 Å². The van der Waals surface area contributed by atoms with Crippen molar-refractivity contribution in [1.29, 1.82) is 0 Å². The van der Waals surface area contributed by atoms with Crippen LogP contribution in [0.15, 0.2) is 30.3 Å². The second-order valence-corrected chi connectivity index (χ2v) is 6.30. The lowest BCUT2D eigenvalue weighted by molar-refractivity contribution is -0.122. The van der Waals surface area contributed by atoms with Crippen molar-refractivity contribution in [2.24, 2.45) is 0 Å². The van der Waals surface area contributed by atoms with Crippen molar-refractivity contribution in [2.45, 2.75) is 26.9 Å². The summed E-state index contributed by atoms with van der Waals surface area (Å²) in [6, 6.07) is 8.68. The van der Waals surface area contributed by atoms with Crippen LogP contribution < -0.4 is 14.8 Å². The van der Waals surface area contributed by atoms with Gasteiger partial charge in [-0.05, 0) is 56.2 Å². The van der Waals surface area contributed by atoms with E-state index in [0.29, 0.717) is 27.2 Å². The Bertz CT molecular complexity index is 762. The van der Waals surface area contributed by atoms with Crippen LogP contribution in [-0.2, 0) is 4.79 Å². The van der Waals surface area contributed by atoms with Crippen molar-refractivity contribution in [2.75, 3.05) is 12.4 Å². The summed E-state index contributed by atoms with van der Waals surface area (Å²) in [4.78, 5) is 12.4. The van der Waals surface area contributed by atoms with Crippen molar-refractivity contribution in [3.8, 4) is 11.5 Å². The Morgan fingerprint density at radius 3 is 2.42 bits per heavy atom. The van der Waals surface area contributed by atoms with Crippen LogP contribution in [0.4, 0.5) is 5.69 Å². The monoisotopic (exact) mass is 367 g/mol. The van der Waals surface area contributed by atoms with Crippen LogP contribution in [-0.4, -0.2) is 19.1 Å². The van der Waals surface area contributed by atoms with E-state index in [4.69, 9.17) is 32.7 Å². The molecule has 24 heavy (non-hydrogen) atoms. The fourth-order valence-corrected chi connectivity index (χ4v) is 2.53. The van der Waals surface area contributed by atoms with Crippen molar-refractivity contribution in [3.05, 3.63) is 51.5 Å². The van der Waals surface area contributed by atoms with Crippen molar-refractivity contribution in [1.82, 2.24) is 0 Å². The molecular formula is C18H19Cl2NO3. The zero-order valence-corrected chi connectivity index (χ0v) is 15.5. The highest BCUT2D eigenvalue weighted by atomic mass is 35.5. The lowest BCUT2D eigenvalue weighted by atomic mass is 10.2. The lowest BCUT2D eigenvalue weighted by Gasteiger charge is -2.18. The minimum atomic E-state index is -0.689. The molecule has 0 aliphatic carbocycles. The summed E-state index contributed by atoms with van der Waals surface area (Å²) < 4.78 is 11.0. The van der Waals surface area contributed by atoms with E-state index in [-0.39, 0.29) is 5.91 Å². The minimum Gasteiger partial charge on any atom is -0.495 e. The molecule has 2 aromatic carbocycles. The van der Waals surface area contributed by atoms with Crippen LogP contribution in [0.1, 0.15) is 18.1 Å². The van der Waals surface area contributed by atoms with Crippen molar-refractivity contribution < 1.29 is 14.3 Å². The molecule has 4 nitrogen and oxygen atoms in total. The zero-order valence-electron chi connectivity index (χ0n) is 13.9. The number of carbonyl (C=O) groups excluding carboxylic acids is 1. The van der Waals surface area contributed by atoms with Gasteiger partial charge in [0, 0.05) is 16.1 Å². The van der Waals surface area contributed by atoms with Gasteiger partial charge >= 0.3 is 0 Å². The molecule has 0 fully saturated rings. The van der Waals surface area contributed by atoms with Crippen molar-refractivity contribution in [3.63, 3.8) is 0 Å². The van der Waals surface area contributed by atoms with Gasteiger partial charge in [0.1, 0.15) is 11.5 Å². The highest BCUT2D eigenvalue weighted by Crippen LogP contribution is 2.31. The number of aryl methyl sites for hydroxylation is 2. The molecule has 6 heteroatoms. The molecule has 0 aromatic heterocycles. The third kappa shape index (κ3) is 4.34. The largest absolute Gasteiger partial charge is 0.495 e. The van der Waals surface area contributed by atoms with Gasteiger partial charge in [0.2, 0.25) is 0 Å². The van der Waals surface area contributed by atoms with Crippen LogP contribution in [0.2, 0.25) is 10.0 Å². The molecule has 0 heterocycles. The first kappa shape index (κ1) is 18.4. The van der Waals surface area contributed by atoms with E-state index >= 15 is 0 Å². The standard InChI is InChI=1S/C18H19Cl2NO3/c1-10-8-15(17(23-4)9-14(10)20)21-18(22)12(3)24-16-6-5-13(19)7-11(16)2/h5-9,12H,1-4H3,(H,21,22)/t12-/m1/s1. The van der Waals surface area contributed by atoms with Gasteiger partial charge in [0.25, 0.3) is 5.91 Å². The lowest BCUT2D eigenvalue weighted by Crippen LogP contribution is -2.30. The summed E-state index contributed by atoms with van der Waals surface area (Å²) in [5.74, 6) is 0.819. The average molecular weight is 368 g/mol. The molecule has 0 saturated carbocycles. The van der Waals surface area contributed by atoms with E-state index in [1.165, 1.54) is 7.11 Å². The fraction of sp³-hybridized carbons (Fsp3) is 0.278. The Labute approximate surface area is 151 Å². The topological polar surface area (TPSA) is 47.6 Å². The molecule has 0 saturated heterocycles. The van der Waals surface area contributed by atoms with Crippen LogP contribution in [0, 0.1) is 13.8 Å².